The molecular formula is C13H21N3S. The highest BCUT2D eigenvalue weighted by atomic mass is 32.1. The summed E-state index contributed by atoms with van der Waals surface area (Å²) >= 11 is 5.36. The van der Waals surface area contributed by atoms with Crippen molar-refractivity contribution in [2.24, 2.45) is 0 Å². The topological polar surface area (TPSA) is 31.9 Å². The first kappa shape index (κ1) is 12.7. The van der Waals surface area contributed by atoms with Gasteiger partial charge in [-0.3, -0.25) is 0 Å². The summed E-state index contributed by atoms with van der Waals surface area (Å²) < 4.78 is 0.825. The second-order valence-electron chi connectivity index (χ2n) is 4.58. The van der Waals surface area contributed by atoms with Crippen molar-refractivity contribution in [3.05, 3.63) is 21.7 Å². The van der Waals surface area contributed by atoms with Crippen LogP contribution in [0.4, 0.5) is 0 Å². The van der Waals surface area contributed by atoms with Crippen LogP contribution in [0.5, 0.6) is 0 Å². The van der Waals surface area contributed by atoms with E-state index in [0.717, 1.165) is 49.4 Å². The highest BCUT2D eigenvalue weighted by molar-refractivity contribution is 7.71. The molecule has 1 heterocycles. The van der Waals surface area contributed by atoms with Crippen molar-refractivity contribution in [1.29, 1.82) is 0 Å². The SMILES string of the molecule is CCN(CC)CCc1nc(=S)c2c([nH]1)CCC2. The highest BCUT2D eigenvalue weighted by Crippen LogP contribution is 2.20. The van der Waals surface area contributed by atoms with E-state index in [4.69, 9.17) is 12.2 Å². The number of hydrogen-bond acceptors (Lipinski definition) is 3. The molecule has 0 spiro atoms. The van der Waals surface area contributed by atoms with Gasteiger partial charge in [-0.15, -0.1) is 0 Å². The molecule has 1 aliphatic carbocycles. The lowest BCUT2D eigenvalue weighted by atomic mass is 10.2. The summed E-state index contributed by atoms with van der Waals surface area (Å²) in [5, 5.41) is 0. The first-order valence-electron chi connectivity index (χ1n) is 6.57. The second-order valence-corrected chi connectivity index (χ2v) is 4.96. The molecule has 17 heavy (non-hydrogen) atoms. The number of likely N-dealkylation sites (N-methyl/N-ethyl adjacent to an activating group) is 1. The molecule has 0 saturated heterocycles. The lowest BCUT2D eigenvalue weighted by Gasteiger charge is -2.17. The van der Waals surface area contributed by atoms with Gasteiger partial charge in [0.15, 0.2) is 0 Å². The molecule has 0 saturated carbocycles. The predicted molar refractivity (Wildman–Crippen MR) is 72.9 cm³/mol. The molecule has 0 amide bonds. The van der Waals surface area contributed by atoms with Crippen LogP contribution in [-0.4, -0.2) is 34.5 Å². The molecule has 2 rings (SSSR count). The third-order valence-electron chi connectivity index (χ3n) is 3.57. The van der Waals surface area contributed by atoms with E-state index in [-0.39, 0.29) is 0 Å². The summed E-state index contributed by atoms with van der Waals surface area (Å²) in [4.78, 5) is 10.4. The Balaban J connectivity index is 2.07. The van der Waals surface area contributed by atoms with Crippen LogP contribution < -0.4 is 0 Å². The summed E-state index contributed by atoms with van der Waals surface area (Å²) in [6.07, 6.45) is 4.43. The standard InChI is InChI=1S/C13H21N3S/c1-3-16(4-2)9-8-12-14-11-7-5-6-10(11)13(17)15-12/h3-9H2,1-2H3,(H,14,15,17). The summed E-state index contributed by atoms with van der Waals surface area (Å²) in [5.41, 5.74) is 2.62. The maximum atomic E-state index is 5.36. The first-order chi connectivity index (χ1) is 8.24. The predicted octanol–water partition coefficient (Wildman–Crippen LogP) is 2.51. The van der Waals surface area contributed by atoms with Gasteiger partial charge >= 0.3 is 0 Å². The number of aryl methyl sites for hydroxylation is 1. The largest absolute Gasteiger partial charge is 0.347 e. The third kappa shape index (κ3) is 2.93. The fourth-order valence-corrected chi connectivity index (χ4v) is 2.77. The molecule has 0 atom stereocenters. The van der Waals surface area contributed by atoms with Gasteiger partial charge in [0.25, 0.3) is 0 Å². The number of hydrogen-bond donors (Lipinski definition) is 1. The number of fused-ring (bicyclic) bond motifs is 1. The van der Waals surface area contributed by atoms with E-state index in [0.29, 0.717) is 0 Å². The molecule has 0 fully saturated rings. The van der Waals surface area contributed by atoms with E-state index in [2.05, 4.69) is 28.7 Å². The van der Waals surface area contributed by atoms with Gasteiger partial charge in [0.05, 0.1) is 0 Å². The Morgan fingerprint density at radius 2 is 2.06 bits per heavy atom. The van der Waals surface area contributed by atoms with Gasteiger partial charge < -0.3 is 9.88 Å². The van der Waals surface area contributed by atoms with Crippen molar-refractivity contribution in [2.75, 3.05) is 19.6 Å². The van der Waals surface area contributed by atoms with Crippen LogP contribution in [0.25, 0.3) is 0 Å². The zero-order chi connectivity index (χ0) is 12.3. The van der Waals surface area contributed by atoms with E-state index in [9.17, 15) is 0 Å². The summed E-state index contributed by atoms with van der Waals surface area (Å²) in [6.45, 7) is 7.65. The van der Waals surface area contributed by atoms with Crippen LogP contribution in [0.15, 0.2) is 0 Å². The minimum absolute atomic E-state index is 0.825. The summed E-state index contributed by atoms with van der Waals surface area (Å²) in [7, 11) is 0. The van der Waals surface area contributed by atoms with Gasteiger partial charge in [-0.25, -0.2) is 4.98 Å². The van der Waals surface area contributed by atoms with E-state index in [1.165, 1.54) is 17.7 Å². The molecule has 94 valence electrons. The minimum atomic E-state index is 0.825. The number of nitrogens with zero attached hydrogens (tertiary/aromatic N) is 2. The average molecular weight is 251 g/mol. The van der Waals surface area contributed by atoms with E-state index < -0.39 is 0 Å². The van der Waals surface area contributed by atoms with Crippen molar-refractivity contribution in [1.82, 2.24) is 14.9 Å². The molecule has 0 aromatic carbocycles. The van der Waals surface area contributed by atoms with Gasteiger partial charge in [-0.2, -0.15) is 0 Å². The number of nitrogens with one attached hydrogen (secondary N) is 1. The highest BCUT2D eigenvalue weighted by Gasteiger charge is 2.14. The molecule has 0 radical (unpaired) electrons. The zero-order valence-electron chi connectivity index (χ0n) is 10.8. The second kappa shape index (κ2) is 5.74. The Kier molecular flexibility index (Phi) is 4.29. The Bertz CT molecular complexity index is 435. The lowest BCUT2D eigenvalue weighted by molar-refractivity contribution is 0.305. The van der Waals surface area contributed by atoms with Crippen molar-refractivity contribution in [3.63, 3.8) is 0 Å². The van der Waals surface area contributed by atoms with Gasteiger partial charge in [0.2, 0.25) is 0 Å². The van der Waals surface area contributed by atoms with Gasteiger partial charge in [-0.05, 0) is 32.4 Å². The molecule has 1 aromatic rings. The van der Waals surface area contributed by atoms with Crippen molar-refractivity contribution >= 4 is 12.2 Å². The van der Waals surface area contributed by atoms with Crippen LogP contribution in [0.2, 0.25) is 0 Å². The first-order valence-corrected chi connectivity index (χ1v) is 6.98. The van der Waals surface area contributed by atoms with Crippen LogP contribution in [0, 0.1) is 4.64 Å². The van der Waals surface area contributed by atoms with Crippen molar-refractivity contribution in [3.8, 4) is 0 Å². The van der Waals surface area contributed by atoms with E-state index >= 15 is 0 Å². The normalized spacial score (nSPS) is 14.3. The molecular weight excluding hydrogens is 230 g/mol. The van der Waals surface area contributed by atoms with Gasteiger partial charge in [-0.1, -0.05) is 26.1 Å². The molecule has 0 aliphatic heterocycles. The average Bonchev–Trinajstić information content (AvgIpc) is 2.79. The Morgan fingerprint density at radius 1 is 1.29 bits per heavy atom. The Hall–Kier alpha value is -0.740. The minimum Gasteiger partial charge on any atom is -0.347 e. The third-order valence-corrected chi connectivity index (χ3v) is 3.90. The summed E-state index contributed by atoms with van der Waals surface area (Å²) in [5.74, 6) is 1.06. The number of aromatic nitrogens is 2. The maximum Gasteiger partial charge on any atom is 0.133 e. The fourth-order valence-electron chi connectivity index (χ4n) is 2.43. The zero-order valence-corrected chi connectivity index (χ0v) is 11.6. The molecule has 4 heteroatoms. The molecule has 1 N–H and O–H groups in total. The maximum absolute atomic E-state index is 5.36. The monoisotopic (exact) mass is 251 g/mol. The lowest BCUT2D eigenvalue weighted by Crippen LogP contribution is -2.26. The van der Waals surface area contributed by atoms with Gasteiger partial charge in [0, 0.05) is 24.2 Å². The van der Waals surface area contributed by atoms with E-state index in [1.807, 2.05) is 0 Å². The van der Waals surface area contributed by atoms with Crippen LogP contribution in [0.1, 0.15) is 37.4 Å². The molecule has 1 aromatic heterocycles. The molecule has 1 aliphatic rings. The number of rotatable bonds is 5. The van der Waals surface area contributed by atoms with E-state index in [1.54, 1.807) is 0 Å². The Morgan fingerprint density at radius 3 is 2.76 bits per heavy atom. The van der Waals surface area contributed by atoms with Crippen molar-refractivity contribution < 1.29 is 0 Å². The molecule has 0 bridgehead atoms. The fraction of sp³-hybridized carbons (Fsp3) is 0.692. The van der Waals surface area contributed by atoms with Crippen LogP contribution in [-0.2, 0) is 19.3 Å². The van der Waals surface area contributed by atoms with Gasteiger partial charge in [0.1, 0.15) is 10.5 Å². The number of H-pyrrole nitrogens is 1. The molecule has 0 unspecified atom stereocenters. The summed E-state index contributed by atoms with van der Waals surface area (Å²) in [6, 6.07) is 0. The quantitative estimate of drug-likeness (QED) is 0.816. The smallest absolute Gasteiger partial charge is 0.133 e. The Labute approximate surface area is 108 Å². The van der Waals surface area contributed by atoms with Crippen LogP contribution >= 0.6 is 12.2 Å². The molecule has 3 nitrogen and oxygen atoms in total. The number of aromatic amines is 1. The van der Waals surface area contributed by atoms with Crippen LogP contribution in [0.3, 0.4) is 0 Å². The van der Waals surface area contributed by atoms with Crippen molar-refractivity contribution in [2.45, 2.75) is 39.5 Å².